The Bertz CT molecular complexity index is 442. The summed E-state index contributed by atoms with van der Waals surface area (Å²) in [5, 5.41) is 9.02. The summed E-state index contributed by atoms with van der Waals surface area (Å²) in [4.78, 5) is 0. The summed E-state index contributed by atoms with van der Waals surface area (Å²) >= 11 is 0. The van der Waals surface area contributed by atoms with Gasteiger partial charge in [-0.2, -0.15) is 0 Å². The number of unbranched alkanes of at least 4 members (excludes halogenated alkanes) is 15. The van der Waals surface area contributed by atoms with Crippen molar-refractivity contribution in [3.05, 3.63) is 0 Å². The van der Waals surface area contributed by atoms with Crippen LogP contribution in [-0.2, 0) is 10.1 Å². The van der Waals surface area contributed by atoms with Gasteiger partial charge in [-0.25, -0.2) is 8.42 Å². The first-order chi connectivity index (χ1) is 13.9. The Labute approximate surface area is 230 Å². The molecule has 1 N–H and O–H groups in total. The normalized spacial score (nSPS) is 13.7. The van der Waals surface area contributed by atoms with Crippen molar-refractivity contribution in [3.8, 4) is 0 Å². The Morgan fingerprint density at radius 1 is 0.633 bits per heavy atom. The van der Waals surface area contributed by atoms with Crippen LogP contribution < -0.4 is 51.4 Å². The van der Waals surface area contributed by atoms with Gasteiger partial charge in [-0.3, -0.25) is 0 Å². The number of aliphatic hydroxyl groups is 1. The van der Waals surface area contributed by atoms with E-state index in [1.54, 1.807) is 0 Å². The molecular weight excluding hydrogens is 423 g/mol. The molecule has 2 atom stereocenters. The minimum Gasteiger partial charge on any atom is -0.748 e. The molecule has 0 spiro atoms. The molecule has 0 radical (unpaired) electrons. The molecule has 0 saturated carbocycles. The quantitative estimate of drug-likeness (QED) is 0.146. The number of rotatable bonds is 22. The Hall–Kier alpha value is 1.51. The van der Waals surface area contributed by atoms with Crippen LogP contribution >= 0.6 is 0 Å². The fourth-order valence-corrected chi connectivity index (χ4v) is 4.90. The van der Waals surface area contributed by atoms with Crippen LogP contribution in [0.5, 0.6) is 0 Å². The molecule has 0 aromatic rings. The summed E-state index contributed by atoms with van der Waals surface area (Å²) in [6.45, 7) is 4.29. The van der Waals surface area contributed by atoms with Crippen molar-refractivity contribution >= 4 is 10.1 Å². The van der Waals surface area contributed by atoms with Crippen molar-refractivity contribution in [2.24, 2.45) is 0 Å². The summed E-state index contributed by atoms with van der Waals surface area (Å²) in [5.74, 6) is 0. The number of hydrogen-bond donors (Lipinski definition) is 1. The summed E-state index contributed by atoms with van der Waals surface area (Å²) in [7, 11) is -4.31. The van der Waals surface area contributed by atoms with E-state index in [-0.39, 0.29) is 57.8 Å². The molecule has 0 aliphatic rings. The second-order valence-corrected chi connectivity index (χ2v) is 10.5. The predicted molar refractivity (Wildman–Crippen MR) is 123 cm³/mol. The molecule has 176 valence electrons. The third kappa shape index (κ3) is 22.7. The van der Waals surface area contributed by atoms with Gasteiger partial charge in [0.25, 0.3) is 0 Å². The fourth-order valence-electron chi connectivity index (χ4n) is 3.98. The predicted octanol–water partition coefficient (Wildman–Crippen LogP) is 4.11. The third-order valence-electron chi connectivity index (χ3n) is 5.96. The van der Waals surface area contributed by atoms with E-state index >= 15 is 0 Å². The van der Waals surface area contributed by atoms with Gasteiger partial charge in [-0.05, 0) is 19.3 Å². The molecule has 2 unspecified atom stereocenters. The van der Waals surface area contributed by atoms with Crippen LogP contribution in [0.1, 0.15) is 142 Å². The van der Waals surface area contributed by atoms with E-state index < -0.39 is 21.5 Å². The van der Waals surface area contributed by atoms with Gasteiger partial charge in [0, 0.05) is 0 Å². The number of hydrogen-bond acceptors (Lipinski definition) is 4. The van der Waals surface area contributed by atoms with E-state index in [1.165, 1.54) is 77.0 Å². The Morgan fingerprint density at radius 3 is 1.37 bits per heavy atom. The molecule has 0 aliphatic carbocycles. The average molecular weight is 473 g/mol. The minimum absolute atomic E-state index is 0. The summed E-state index contributed by atoms with van der Waals surface area (Å²) in [6.07, 6.45) is 21.2. The van der Waals surface area contributed by atoms with Gasteiger partial charge in [-0.15, -0.1) is 0 Å². The molecule has 0 saturated heterocycles. The van der Waals surface area contributed by atoms with Crippen LogP contribution in [0.25, 0.3) is 0 Å². The molecule has 0 heterocycles. The topological polar surface area (TPSA) is 77.4 Å². The second kappa shape index (κ2) is 23.7. The van der Waals surface area contributed by atoms with Crippen LogP contribution in [0.15, 0.2) is 0 Å². The minimum atomic E-state index is -4.31. The van der Waals surface area contributed by atoms with Crippen molar-refractivity contribution in [3.63, 3.8) is 0 Å². The average Bonchev–Trinajstić information content (AvgIpc) is 2.67. The molecule has 0 rings (SSSR count). The third-order valence-corrected chi connectivity index (χ3v) is 7.21. The van der Waals surface area contributed by atoms with Crippen molar-refractivity contribution < 1.29 is 69.5 Å². The van der Waals surface area contributed by atoms with Gasteiger partial charge in [0.2, 0.25) is 0 Å². The molecule has 0 aromatic heterocycles. The maximum Gasteiger partial charge on any atom is 1.00 e. The van der Waals surface area contributed by atoms with Crippen molar-refractivity contribution in [2.75, 3.05) is 0 Å². The van der Waals surface area contributed by atoms with Gasteiger partial charge < -0.3 is 9.66 Å². The van der Waals surface area contributed by atoms with Crippen molar-refractivity contribution in [1.29, 1.82) is 0 Å². The standard InChI is InChI=1S/C24H50O4S.K/c1-3-5-7-8-9-10-11-12-13-14-15-16-17-18-19-21-24(29(26,27)28)22-23(25)20-6-4-2;/h23-25H,3-22H2,1-2H3,(H,26,27,28);/q;+1/p-1. The molecule has 0 fully saturated rings. The van der Waals surface area contributed by atoms with E-state index in [4.69, 9.17) is 0 Å². The maximum atomic E-state index is 11.5. The van der Waals surface area contributed by atoms with Crippen molar-refractivity contribution in [1.82, 2.24) is 0 Å². The molecule has 0 aromatic carbocycles. The Balaban J connectivity index is 0. The van der Waals surface area contributed by atoms with E-state index in [9.17, 15) is 18.1 Å². The zero-order chi connectivity index (χ0) is 21.8. The van der Waals surface area contributed by atoms with Crippen LogP contribution in [0, 0.1) is 0 Å². The van der Waals surface area contributed by atoms with Crippen LogP contribution in [0.3, 0.4) is 0 Å². The molecule has 30 heavy (non-hydrogen) atoms. The fraction of sp³-hybridized carbons (Fsp3) is 1.00. The first-order valence-electron chi connectivity index (χ1n) is 12.5. The maximum absolute atomic E-state index is 11.5. The van der Waals surface area contributed by atoms with Gasteiger partial charge in [0.15, 0.2) is 0 Å². The zero-order valence-electron chi connectivity index (χ0n) is 20.4. The Kier molecular flexibility index (Phi) is 26.6. The van der Waals surface area contributed by atoms with Crippen LogP contribution in [0.2, 0.25) is 0 Å². The summed E-state index contributed by atoms with van der Waals surface area (Å²) in [5.41, 5.74) is 0. The monoisotopic (exact) mass is 472 g/mol. The zero-order valence-corrected chi connectivity index (χ0v) is 24.3. The SMILES string of the molecule is CCCCCCCCCCCCCCCCCC(CC(O)CCCC)S(=O)(=O)[O-].[K+]. The van der Waals surface area contributed by atoms with Crippen LogP contribution in [-0.4, -0.2) is 29.4 Å². The van der Waals surface area contributed by atoms with Gasteiger partial charge >= 0.3 is 51.4 Å². The van der Waals surface area contributed by atoms with Gasteiger partial charge in [0.05, 0.1) is 21.5 Å². The molecule has 4 nitrogen and oxygen atoms in total. The summed E-state index contributed by atoms with van der Waals surface area (Å²) < 4.78 is 34.4. The second-order valence-electron chi connectivity index (χ2n) is 8.88. The molecule has 0 aliphatic heterocycles. The number of aliphatic hydroxyl groups excluding tert-OH is 1. The van der Waals surface area contributed by atoms with Crippen LogP contribution in [0.4, 0.5) is 0 Å². The van der Waals surface area contributed by atoms with E-state index in [2.05, 4.69) is 6.92 Å². The smallest absolute Gasteiger partial charge is 0.748 e. The van der Waals surface area contributed by atoms with E-state index in [1.807, 2.05) is 6.92 Å². The van der Waals surface area contributed by atoms with E-state index in [0.29, 0.717) is 12.8 Å². The van der Waals surface area contributed by atoms with E-state index in [0.717, 1.165) is 32.1 Å². The molecular formula is C24H49KO4S. The first-order valence-corrected chi connectivity index (χ1v) is 14.0. The molecule has 6 heteroatoms. The largest absolute Gasteiger partial charge is 1.00 e. The summed E-state index contributed by atoms with van der Waals surface area (Å²) in [6, 6.07) is 0. The van der Waals surface area contributed by atoms with Gasteiger partial charge in [0.1, 0.15) is 0 Å². The molecule has 0 bridgehead atoms. The molecule has 0 amide bonds. The van der Waals surface area contributed by atoms with Crippen molar-refractivity contribution in [2.45, 2.75) is 154 Å². The Morgan fingerprint density at radius 2 is 1.00 bits per heavy atom. The van der Waals surface area contributed by atoms with Gasteiger partial charge in [-0.1, -0.05) is 123 Å². The first kappa shape index (κ1) is 33.7.